The molecule has 1 aromatic rings. The number of hydrogen-bond donors (Lipinski definition) is 1. The fraction of sp³-hybridized carbons (Fsp3) is 0.500. The Balaban J connectivity index is 3.11. The molecule has 1 nitrogen and oxygen atoms in total. The molecule has 0 spiro atoms. The van der Waals surface area contributed by atoms with E-state index in [0.29, 0.717) is 16.1 Å². The molecule has 5 heteroatoms. The fourth-order valence-electron chi connectivity index (χ4n) is 1.89. The predicted octanol–water partition coefficient (Wildman–Crippen LogP) is 4.76. The smallest absolute Gasteiger partial charge is 0.101 e. The second kappa shape index (κ2) is 5.50. The molecule has 0 aromatic heterocycles. The maximum atomic E-state index is 10.6. The van der Waals surface area contributed by atoms with Crippen molar-refractivity contribution in [2.75, 3.05) is 5.88 Å². The zero-order valence-electron chi connectivity index (χ0n) is 10.2. The van der Waals surface area contributed by atoms with Crippen LogP contribution in [0.15, 0.2) is 18.2 Å². The summed E-state index contributed by atoms with van der Waals surface area (Å²) in [6, 6.07) is 5.88. The van der Waals surface area contributed by atoms with E-state index in [2.05, 4.69) is 19.6 Å². The number of benzene rings is 1. The Kier molecular flexibility index (Phi) is 4.95. The average molecular weight is 312 g/mol. The van der Waals surface area contributed by atoms with Gasteiger partial charge in [0.1, 0.15) is 5.60 Å². The van der Waals surface area contributed by atoms with Gasteiger partial charge >= 0.3 is 0 Å². The Morgan fingerprint density at radius 1 is 1.18 bits per heavy atom. The number of alkyl halides is 1. The van der Waals surface area contributed by atoms with Crippen molar-refractivity contribution in [3.05, 3.63) is 33.8 Å². The molecule has 17 heavy (non-hydrogen) atoms. The minimum absolute atomic E-state index is 0.162. The van der Waals surface area contributed by atoms with Gasteiger partial charge in [-0.05, 0) is 23.7 Å². The monoisotopic (exact) mass is 310 g/mol. The summed E-state index contributed by atoms with van der Waals surface area (Å²) in [6.07, 6.45) is 0. The van der Waals surface area contributed by atoms with E-state index < -0.39 is 13.7 Å². The van der Waals surface area contributed by atoms with Crippen LogP contribution in [0.2, 0.25) is 35.7 Å². The summed E-state index contributed by atoms with van der Waals surface area (Å²) in [6.45, 7) is 6.59. The summed E-state index contributed by atoms with van der Waals surface area (Å²) in [4.78, 5) is 0. The lowest BCUT2D eigenvalue weighted by molar-refractivity contribution is 0.0808. The van der Waals surface area contributed by atoms with Gasteiger partial charge in [-0.2, -0.15) is 0 Å². The molecule has 0 bridgehead atoms. The first kappa shape index (κ1) is 15.3. The van der Waals surface area contributed by atoms with Crippen molar-refractivity contribution < 1.29 is 5.11 Å². The van der Waals surface area contributed by atoms with Gasteiger partial charge in [0.05, 0.1) is 15.9 Å². The average Bonchev–Trinajstić information content (AvgIpc) is 2.19. The Morgan fingerprint density at radius 2 is 1.76 bits per heavy atom. The number of hydrogen-bond acceptors (Lipinski definition) is 1. The van der Waals surface area contributed by atoms with Crippen LogP contribution in [-0.2, 0) is 5.60 Å². The van der Waals surface area contributed by atoms with Crippen LogP contribution in [0.5, 0.6) is 0 Å². The van der Waals surface area contributed by atoms with E-state index >= 15 is 0 Å². The van der Waals surface area contributed by atoms with E-state index in [-0.39, 0.29) is 5.88 Å². The molecule has 0 amide bonds. The van der Waals surface area contributed by atoms with Crippen LogP contribution in [0.1, 0.15) is 5.56 Å². The van der Waals surface area contributed by atoms with Crippen molar-refractivity contribution in [1.82, 2.24) is 0 Å². The van der Waals surface area contributed by atoms with E-state index in [1.807, 2.05) is 0 Å². The Hall–Kier alpha value is 0.267. The lowest BCUT2D eigenvalue weighted by Gasteiger charge is -2.32. The summed E-state index contributed by atoms with van der Waals surface area (Å²) < 4.78 is 0. The van der Waals surface area contributed by atoms with Gasteiger partial charge in [0.15, 0.2) is 0 Å². The maximum Gasteiger partial charge on any atom is 0.101 e. The highest BCUT2D eigenvalue weighted by molar-refractivity contribution is 6.76. The van der Waals surface area contributed by atoms with E-state index in [9.17, 15) is 5.11 Å². The third kappa shape index (κ3) is 4.14. The van der Waals surface area contributed by atoms with Crippen LogP contribution in [0.25, 0.3) is 0 Å². The lowest BCUT2D eigenvalue weighted by atomic mass is 9.98. The topological polar surface area (TPSA) is 20.2 Å². The zero-order chi connectivity index (χ0) is 13.3. The molecule has 0 saturated carbocycles. The minimum Gasteiger partial charge on any atom is -0.384 e. The molecule has 1 unspecified atom stereocenters. The van der Waals surface area contributed by atoms with Crippen molar-refractivity contribution in [2.45, 2.75) is 31.3 Å². The third-order valence-corrected chi connectivity index (χ3v) is 5.33. The van der Waals surface area contributed by atoms with Crippen molar-refractivity contribution in [1.29, 1.82) is 0 Å². The van der Waals surface area contributed by atoms with Gasteiger partial charge in [-0.15, -0.1) is 11.6 Å². The molecule has 0 radical (unpaired) electrons. The van der Waals surface area contributed by atoms with Gasteiger partial charge in [0.2, 0.25) is 0 Å². The SMILES string of the molecule is C[Si](C)(C)CC(O)(CCl)c1ccc(Cl)c(Cl)c1. The van der Waals surface area contributed by atoms with Crippen molar-refractivity contribution >= 4 is 42.9 Å². The molecule has 1 aromatic carbocycles. The van der Waals surface area contributed by atoms with Gasteiger partial charge in [-0.25, -0.2) is 0 Å². The Morgan fingerprint density at radius 3 is 2.18 bits per heavy atom. The molecule has 0 saturated heterocycles. The van der Waals surface area contributed by atoms with E-state index in [4.69, 9.17) is 34.8 Å². The molecule has 0 heterocycles. The Labute approximate surface area is 119 Å². The van der Waals surface area contributed by atoms with Crippen molar-refractivity contribution in [3.8, 4) is 0 Å². The maximum absolute atomic E-state index is 10.6. The highest BCUT2D eigenvalue weighted by atomic mass is 35.5. The molecule has 0 aliphatic rings. The minimum atomic E-state index is -1.44. The molecular formula is C12H17Cl3OSi. The lowest BCUT2D eigenvalue weighted by Crippen LogP contribution is -2.37. The fourth-order valence-corrected chi connectivity index (χ4v) is 4.68. The Bertz CT molecular complexity index is 403. The highest BCUT2D eigenvalue weighted by Gasteiger charge is 2.34. The molecule has 96 valence electrons. The molecule has 1 N–H and O–H groups in total. The first-order chi connectivity index (χ1) is 7.68. The molecule has 0 aliphatic carbocycles. The summed E-state index contributed by atoms with van der Waals surface area (Å²) >= 11 is 17.8. The first-order valence-electron chi connectivity index (χ1n) is 5.42. The van der Waals surface area contributed by atoms with E-state index in [1.54, 1.807) is 18.2 Å². The van der Waals surface area contributed by atoms with E-state index in [1.165, 1.54) is 0 Å². The van der Waals surface area contributed by atoms with Crippen LogP contribution in [0, 0.1) is 0 Å². The standard InChI is InChI=1S/C12H17Cl3OSi/c1-17(2,3)8-12(16,7-13)9-4-5-10(14)11(15)6-9/h4-6,16H,7-8H2,1-3H3. The van der Waals surface area contributed by atoms with Crippen molar-refractivity contribution in [3.63, 3.8) is 0 Å². The van der Waals surface area contributed by atoms with Crippen LogP contribution in [-0.4, -0.2) is 19.1 Å². The van der Waals surface area contributed by atoms with Crippen LogP contribution in [0.4, 0.5) is 0 Å². The summed E-state index contributed by atoms with van der Waals surface area (Å²) in [5.41, 5.74) is -0.274. The van der Waals surface area contributed by atoms with Gasteiger partial charge in [0, 0.05) is 8.07 Å². The summed E-state index contributed by atoms with van der Waals surface area (Å²) in [7, 11) is -1.44. The zero-order valence-corrected chi connectivity index (χ0v) is 13.5. The first-order valence-corrected chi connectivity index (χ1v) is 10.4. The van der Waals surface area contributed by atoms with E-state index in [0.717, 1.165) is 5.56 Å². The largest absolute Gasteiger partial charge is 0.384 e. The molecular weight excluding hydrogens is 295 g/mol. The molecule has 0 fully saturated rings. The summed E-state index contributed by atoms with van der Waals surface area (Å²) in [5.74, 6) is 0.162. The van der Waals surface area contributed by atoms with Gasteiger partial charge in [-0.1, -0.05) is 48.9 Å². The number of aliphatic hydroxyl groups is 1. The molecule has 0 aliphatic heterocycles. The normalized spacial score (nSPS) is 15.7. The van der Waals surface area contributed by atoms with Crippen LogP contribution < -0.4 is 0 Å². The quantitative estimate of drug-likeness (QED) is 0.628. The number of halogens is 3. The highest BCUT2D eigenvalue weighted by Crippen LogP contribution is 2.35. The summed E-state index contributed by atoms with van der Waals surface area (Å²) in [5, 5.41) is 11.6. The van der Waals surface area contributed by atoms with Crippen LogP contribution >= 0.6 is 34.8 Å². The van der Waals surface area contributed by atoms with Gasteiger partial charge in [-0.3, -0.25) is 0 Å². The second-order valence-corrected chi connectivity index (χ2v) is 12.1. The van der Waals surface area contributed by atoms with Gasteiger partial charge < -0.3 is 5.11 Å². The number of rotatable bonds is 4. The van der Waals surface area contributed by atoms with Crippen LogP contribution in [0.3, 0.4) is 0 Å². The predicted molar refractivity (Wildman–Crippen MR) is 79.2 cm³/mol. The van der Waals surface area contributed by atoms with Gasteiger partial charge in [0.25, 0.3) is 0 Å². The molecule has 1 atom stereocenters. The second-order valence-electron chi connectivity index (χ2n) is 5.53. The third-order valence-electron chi connectivity index (χ3n) is 2.50. The van der Waals surface area contributed by atoms with Crippen molar-refractivity contribution in [2.24, 2.45) is 0 Å². The molecule has 1 rings (SSSR count).